The number of thiophene rings is 1. The van der Waals surface area contributed by atoms with Crippen LogP contribution in [0.15, 0.2) is 71.8 Å². The van der Waals surface area contributed by atoms with Gasteiger partial charge in [0.2, 0.25) is 0 Å². The third-order valence-corrected chi connectivity index (χ3v) is 6.58. The Kier molecular flexibility index (Phi) is 8.04. The maximum atomic E-state index is 12.7. The molecule has 0 aliphatic carbocycles. The molecule has 1 N–H and O–H groups in total. The van der Waals surface area contributed by atoms with E-state index in [4.69, 9.17) is 30.5 Å². The highest BCUT2D eigenvalue weighted by molar-refractivity contribution is 7.21. The fourth-order valence-electron chi connectivity index (χ4n) is 3.11. The first-order valence-corrected chi connectivity index (χ1v) is 11.8. The number of methoxy groups -OCH3 is 2. The number of hydrogen-bond donors (Lipinski definition) is 1. The summed E-state index contributed by atoms with van der Waals surface area (Å²) in [6.45, 7) is -0.189. The average molecular weight is 525 g/mol. The molecule has 0 saturated heterocycles. The Morgan fingerprint density at radius 3 is 2.25 bits per heavy atom. The lowest BCUT2D eigenvalue weighted by Crippen LogP contribution is -2.24. The summed E-state index contributed by atoms with van der Waals surface area (Å²) >= 11 is 7.63. The van der Waals surface area contributed by atoms with Gasteiger partial charge >= 0.3 is 5.97 Å². The van der Waals surface area contributed by atoms with Crippen molar-refractivity contribution >= 4 is 51.1 Å². The number of hydrogen-bond acceptors (Lipinski definition) is 8. The summed E-state index contributed by atoms with van der Waals surface area (Å²) in [5, 5.41) is 5.02. The van der Waals surface area contributed by atoms with E-state index >= 15 is 0 Å². The van der Waals surface area contributed by atoms with Gasteiger partial charge in [-0.05, 0) is 72.3 Å². The molecule has 0 atom stereocenters. The van der Waals surface area contributed by atoms with Gasteiger partial charge in [0.05, 0.1) is 25.5 Å². The van der Waals surface area contributed by atoms with Gasteiger partial charge in [-0.15, -0.1) is 11.3 Å². The van der Waals surface area contributed by atoms with Crippen LogP contribution in [0.5, 0.6) is 23.0 Å². The lowest BCUT2D eigenvalue weighted by molar-refractivity contribution is -0.123. The Balaban J connectivity index is 1.29. The van der Waals surface area contributed by atoms with Crippen molar-refractivity contribution in [2.45, 2.75) is 0 Å². The number of carbonyl (C=O) groups excluding carboxylic acids is 2. The molecule has 1 aromatic heterocycles. The van der Waals surface area contributed by atoms with Gasteiger partial charge in [-0.3, -0.25) is 4.79 Å². The zero-order valence-corrected chi connectivity index (χ0v) is 20.9. The van der Waals surface area contributed by atoms with Crippen molar-refractivity contribution in [3.63, 3.8) is 0 Å². The number of carbonyl (C=O) groups is 2. The van der Waals surface area contributed by atoms with Gasteiger partial charge in [0, 0.05) is 10.1 Å². The second-order valence-corrected chi connectivity index (χ2v) is 8.75. The van der Waals surface area contributed by atoms with Gasteiger partial charge in [0.15, 0.2) is 6.61 Å². The predicted molar refractivity (Wildman–Crippen MR) is 139 cm³/mol. The second kappa shape index (κ2) is 11.6. The van der Waals surface area contributed by atoms with Crippen LogP contribution in [0.1, 0.15) is 15.2 Å². The summed E-state index contributed by atoms with van der Waals surface area (Å²) in [5.41, 5.74) is 3.09. The minimum atomic E-state index is -0.550. The van der Waals surface area contributed by atoms with E-state index in [2.05, 4.69) is 10.5 Å². The molecular formula is C26H21ClN2O6S. The SMILES string of the molecule is COc1ccc(OCC(=O)N/N=C\c2ccc(OC(=O)c3sc4cc(OC)ccc4c3Cl)cc2)cc1. The van der Waals surface area contributed by atoms with Crippen LogP contribution in [0, 0.1) is 0 Å². The van der Waals surface area contributed by atoms with E-state index in [1.165, 1.54) is 17.6 Å². The molecule has 0 aliphatic rings. The molecule has 0 bridgehead atoms. The van der Waals surface area contributed by atoms with Crippen molar-refractivity contribution < 1.29 is 28.5 Å². The number of benzene rings is 3. The van der Waals surface area contributed by atoms with Gasteiger partial charge in [0.25, 0.3) is 5.91 Å². The molecule has 4 aromatic rings. The molecule has 0 unspecified atom stereocenters. The molecule has 10 heteroatoms. The number of nitrogens with one attached hydrogen (secondary N) is 1. The normalized spacial score (nSPS) is 10.9. The Morgan fingerprint density at radius 2 is 1.56 bits per heavy atom. The molecule has 3 aromatic carbocycles. The summed E-state index contributed by atoms with van der Waals surface area (Å²) in [7, 11) is 3.15. The first-order chi connectivity index (χ1) is 17.5. The molecule has 8 nitrogen and oxygen atoms in total. The molecule has 4 rings (SSSR count). The number of ether oxygens (including phenoxy) is 4. The van der Waals surface area contributed by atoms with E-state index in [1.54, 1.807) is 68.8 Å². The molecule has 1 heterocycles. The van der Waals surface area contributed by atoms with Gasteiger partial charge in [-0.25, -0.2) is 10.2 Å². The summed E-state index contributed by atoms with van der Waals surface area (Å²) in [5.74, 6) is 1.30. The van der Waals surface area contributed by atoms with Crippen LogP contribution in [0.2, 0.25) is 5.02 Å². The highest BCUT2D eigenvalue weighted by Crippen LogP contribution is 2.37. The highest BCUT2D eigenvalue weighted by Gasteiger charge is 2.19. The van der Waals surface area contributed by atoms with Crippen molar-refractivity contribution in [1.29, 1.82) is 0 Å². The highest BCUT2D eigenvalue weighted by atomic mass is 35.5. The zero-order valence-electron chi connectivity index (χ0n) is 19.3. The smallest absolute Gasteiger partial charge is 0.355 e. The first kappa shape index (κ1) is 25.0. The molecule has 0 spiro atoms. The Hall–Kier alpha value is -4.08. The summed E-state index contributed by atoms with van der Waals surface area (Å²) in [6.07, 6.45) is 1.47. The van der Waals surface area contributed by atoms with Crippen LogP contribution >= 0.6 is 22.9 Å². The van der Waals surface area contributed by atoms with Gasteiger partial charge < -0.3 is 18.9 Å². The number of fused-ring (bicyclic) bond motifs is 1. The summed E-state index contributed by atoms with van der Waals surface area (Å²) in [4.78, 5) is 24.9. The maximum Gasteiger partial charge on any atom is 0.355 e. The van der Waals surface area contributed by atoms with Crippen molar-refractivity contribution in [3.05, 3.63) is 82.2 Å². The average Bonchev–Trinajstić information content (AvgIpc) is 3.24. The lowest BCUT2D eigenvalue weighted by Gasteiger charge is -2.06. The van der Waals surface area contributed by atoms with Crippen LogP contribution < -0.4 is 24.4 Å². The molecule has 184 valence electrons. The molecule has 1 amide bonds. The minimum absolute atomic E-state index is 0.189. The Morgan fingerprint density at radius 1 is 0.917 bits per heavy atom. The lowest BCUT2D eigenvalue weighted by atomic mass is 10.2. The maximum absolute atomic E-state index is 12.7. The Bertz CT molecular complexity index is 1400. The first-order valence-electron chi connectivity index (χ1n) is 10.6. The molecule has 0 aliphatic heterocycles. The quantitative estimate of drug-likeness (QED) is 0.138. The molecular weight excluding hydrogens is 504 g/mol. The Labute approximate surface area is 216 Å². The van der Waals surface area contributed by atoms with E-state index in [0.29, 0.717) is 38.5 Å². The van der Waals surface area contributed by atoms with Gasteiger partial charge in [-0.2, -0.15) is 5.10 Å². The van der Waals surface area contributed by atoms with Crippen LogP contribution in [0.25, 0.3) is 10.1 Å². The molecule has 36 heavy (non-hydrogen) atoms. The van der Waals surface area contributed by atoms with E-state index in [0.717, 1.165) is 10.1 Å². The van der Waals surface area contributed by atoms with E-state index in [9.17, 15) is 9.59 Å². The summed E-state index contributed by atoms with van der Waals surface area (Å²) in [6, 6.07) is 18.9. The van der Waals surface area contributed by atoms with Gasteiger partial charge in [-0.1, -0.05) is 11.6 Å². The third kappa shape index (κ3) is 6.12. The van der Waals surface area contributed by atoms with Crippen LogP contribution in [-0.4, -0.2) is 38.9 Å². The number of esters is 1. The van der Waals surface area contributed by atoms with E-state index in [1.807, 2.05) is 12.1 Å². The minimum Gasteiger partial charge on any atom is -0.497 e. The van der Waals surface area contributed by atoms with Crippen LogP contribution in [-0.2, 0) is 4.79 Å². The van der Waals surface area contributed by atoms with Crippen molar-refractivity contribution in [2.75, 3.05) is 20.8 Å². The fourth-order valence-corrected chi connectivity index (χ4v) is 4.52. The van der Waals surface area contributed by atoms with Crippen LogP contribution in [0.4, 0.5) is 0 Å². The van der Waals surface area contributed by atoms with Gasteiger partial charge in [0.1, 0.15) is 27.9 Å². The molecule has 0 radical (unpaired) electrons. The number of nitrogens with zero attached hydrogens (tertiary/aromatic N) is 1. The topological polar surface area (TPSA) is 95.5 Å². The third-order valence-electron chi connectivity index (χ3n) is 4.94. The number of rotatable bonds is 9. The van der Waals surface area contributed by atoms with Crippen molar-refractivity contribution in [2.24, 2.45) is 5.10 Å². The van der Waals surface area contributed by atoms with Crippen LogP contribution in [0.3, 0.4) is 0 Å². The largest absolute Gasteiger partial charge is 0.497 e. The molecule has 0 saturated carbocycles. The standard InChI is InChI=1S/C26H21ClN2O6S/c1-32-17-7-9-18(10-8-17)34-15-23(30)29-28-14-16-3-5-19(6-4-16)35-26(31)25-24(27)21-12-11-20(33-2)13-22(21)36-25/h3-14H,15H2,1-2H3,(H,29,30)/b28-14-. The predicted octanol–water partition coefficient (Wildman–Crippen LogP) is 5.32. The van der Waals surface area contributed by atoms with Crippen molar-refractivity contribution in [3.8, 4) is 23.0 Å². The monoisotopic (exact) mass is 524 g/mol. The number of halogens is 1. The number of hydrazone groups is 1. The fraction of sp³-hybridized carbons (Fsp3) is 0.115. The second-order valence-electron chi connectivity index (χ2n) is 7.32. The zero-order chi connectivity index (χ0) is 25.5. The summed E-state index contributed by atoms with van der Waals surface area (Å²) < 4.78 is 22.0. The van der Waals surface area contributed by atoms with E-state index in [-0.39, 0.29) is 6.61 Å². The number of amides is 1. The van der Waals surface area contributed by atoms with E-state index < -0.39 is 11.9 Å². The van der Waals surface area contributed by atoms with Crippen molar-refractivity contribution in [1.82, 2.24) is 5.43 Å². The molecule has 0 fully saturated rings.